The molecule has 1 saturated heterocycles. The van der Waals surface area contributed by atoms with Gasteiger partial charge < -0.3 is 19.7 Å². The monoisotopic (exact) mass is 408 g/mol. The summed E-state index contributed by atoms with van der Waals surface area (Å²) >= 11 is 1.65. The highest BCUT2D eigenvalue weighted by atomic mass is 32.1. The molecule has 2 heterocycles. The van der Waals surface area contributed by atoms with E-state index >= 15 is 0 Å². The Hall–Kier alpha value is -1.93. The Labute approximate surface area is 169 Å². The van der Waals surface area contributed by atoms with E-state index in [-0.39, 0.29) is 24.8 Å². The van der Waals surface area contributed by atoms with Crippen LogP contribution < -0.4 is 5.32 Å². The first-order valence-corrected chi connectivity index (χ1v) is 10.8. The van der Waals surface area contributed by atoms with E-state index in [0.717, 1.165) is 19.3 Å². The first-order chi connectivity index (χ1) is 13.6. The second kappa shape index (κ2) is 10.0. The second-order valence-electron chi connectivity index (χ2n) is 7.41. The van der Waals surface area contributed by atoms with Crippen molar-refractivity contribution >= 4 is 29.1 Å². The van der Waals surface area contributed by atoms with E-state index in [1.165, 1.54) is 4.88 Å². The number of carbonyl (C=O) groups excluding carboxylic acids is 3. The van der Waals surface area contributed by atoms with Crippen LogP contribution in [-0.2, 0) is 30.3 Å². The summed E-state index contributed by atoms with van der Waals surface area (Å²) < 4.78 is 10.6. The molecular weight excluding hydrogens is 380 g/mol. The number of thiophene rings is 1. The van der Waals surface area contributed by atoms with Crippen LogP contribution in [0.5, 0.6) is 0 Å². The number of esters is 1. The van der Waals surface area contributed by atoms with Crippen LogP contribution in [0.2, 0.25) is 0 Å². The highest BCUT2D eigenvalue weighted by Crippen LogP contribution is 2.42. The lowest BCUT2D eigenvalue weighted by atomic mass is 9.82. The summed E-state index contributed by atoms with van der Waals surface area (Å²) in [4.78, 5) is 40.3. The number of nitrogens with zero attached hydrogens (tertiary/aromatic N) is 1. The van der Waals surface area contributed by atoms with E-state index in [1.807, 2.05) is 17.5 Å². The van der Waals surface area contributed by atoms with Gasteiger partial charge in [-0.05, 0) is 30.7 Å². The molecule has 1 N–H and O–H groups in total. The Morgan fingerprint density at radius 1 is 1.21 bits per heavy atom. The van der Waals surface area contributed by atoms with Crippen molar-refractivity contribution in [3.8, 4) is 0 Å². The normalized spacial score (nSPS) is 18.6. The molecule has 0 bridgehead atoms. The maximum absolute atomic E-state index is 12.8. The van der Waals surface area contributed by atoms with Gasteiger partial charge in [0.15, 0.2) is 6.61 Å². The molecule has 2 fully saturated rings. The van der Waals surface area contributed by atoms with Crippen LogP contribution in [0.3, 0.4) is 0 Å². The summed E-state index contributed by atoms with van der Waals surface area (Å²) in [6.45, 7) is 2.42. The van der Waals surface area contributed by atoms with Gasteiger partial charge in [-0.2, -0.15) is 0 Å². The topological polar surface area (TPSA) is 84.9 Å². The third-order valence-corrected chi connectivity index (χ3v) is 6.39. The van der Waals surface area contributed by atoms with Crippen LogP contribution in [0, 0.1) is 5.41 Å². The van der Waals surface area contributed by atoms with Gasteiger partial charge in [-0.1, -0.05) is 18.9 Å². The molecule has 0 radical (unpaired) electrons. The molecule has 3 rings (SSSR count). The number of ether oxygens (including phenoxy) is 2. The average Bonchev–Trinajstić information content (AvgIpc) is 3.39. The lowest BCUT2D eigenvalue weighted by molar-refractivity contribution is -0.162. The molecule has 1 aromatic heterocycles. The van der Waals surface area contributed by atoms with E-state index in [1.54, 1.807) is 16.2 Å². The molecule has 0 unspecified atom stereocenters. The van der Waals surface area contributed by atoms with Gasteiger partial charge in [0.1, 0.15) is 0 Å². The molecule has 1 saturated carbocycles. The fourth-order valence-corrected chi connectivity index (χ4v) is 4.54. The summed E-state index contributed by atoms with van der Waals surface area (Å²) in [6, 6.07) is 4.00. The maximum Gasteiger partial charge on any atom is 0.313 e. The van der Waals surface area contributed by atoms with Crippen LogP contribution in [-0.4, -0.2) is 62.1 Å². The molecule has 28 heavy (non-hydrogen) atoms. The fraction of sp³-hybridized carbons (Fsp3) is 0.650. The van der Waals surface area contributed by atoms with Crippen molar-refractivity contribution in [2.75, 3.05) is 39.5 Å². The number of morpholine rings is 1. The smallest absolute Gasteiger partial charge is 0.313 e. The zero-order valence-electron chi connectivity index (χ0n) is 16.1. The molecule has 2 amide bonds. The van der Waals surface area contributed by atoms with Crippen LogP contribution in [0.15, 0.2) is 17.5 Å². The van der Waals surface area contributed by atoms with Gasteiger partial charge in [0.2, 0.25) is 5.91 Å². The summed E-state index contributed by atoms with van der Waals surface area (Å²) in [5.41, 5.74) is -0.785. The molecule has 0 spiro atoms. The fourth-order valence-electron chi connectivity index (χ4n) is 3.83. The van der Waals surface area contributed by atoms with E-state index < -0.39 is 11.4 Å². The van der Waals surface area contributed by atoms with E-state index in [4.69, 9.17) is 9.47 Å². The zero-order valence-corrected chi connectivity index (χ0v) is 16.9. The van der Waals surface area contributed by atoms with Crippen LogP contribution in [0.4, 0.5) is 0 Å². The second-order valence-corrected chi connectivity index (χ2v) is 8.45. The lowest BCUT2D eigenvalue weighted by Gasteiger charge is -2.31. The van der Waals surface area contributed by atoms with Crippen molar-refractivity contribution in [3.63, 3.8) is 0 Å². The van der Waals surface area contributed by atoms with Crippen molar-refractivity contribution in [3.05, 3.63) is 22.4 Å². The molecule has 8 heteroatoms. The Bertz CT molecular complexity index is 664. The average molecular weight is 409 g/mol. The Morgan fingerprint density at radius 3 is 2.64 bits per heavy atom. The highest BCUT2D eigenvalue weighted by molar-refractivity contribution is 7.09. The molecule has 1 aromatic rings. The number of rotatable bonds is 8. The van der Waals surface area contributed by atoms with Gasteiger partial charge in [0.05, 0.1) is 18.6 Å². The number of amides is 2. The highest BCUT2D eigenvalue weighted by Gasteiger charge is 2.45. The van der Waals surface area contributed by atoms with E-state index in [2.05, 4.69) is 5.32 Å². The number of hydrogen-bond donors (Lipinski definition) is 1. The summed E-state index contributed by atoms with van der Waals surface area (Å²) in [5.74, 6) is -0.750. The number of carbonyl (C=O) groups is 3. The van der Waals surface area contributed by atoms with Crippen molar-refractivity contribution in [1.29, 1.82) is 0 Å². The maximum atomic E-state index is 12.8. The zero-order chi connectivity index (χ0) is 19.8. The van der Waals surface area contributed by atoms with Crippen molar-refractivity contribution in [1.82, 2.24) is 10.2 Å². The third kappa shape index (κ3) is 5.54. The standard InChI is InChI=1S/C20H28N2O5S/c23-17(21-8-5-16-4-3-13-28-16)15-27-19(25)20(6-1-2-7-20)14-18(24)22-9-11-26-12-10-22/h3-4,13H,1-2,5-12,14-15H2,(H,21,23). The first kappa shape index (κ1) is 20.8. The minimum atomic E-state index is -0.785. The lowest BCUT2D eigenvalue weighted by Crippen LogP contribution is -2.44. The van der Waals surface area contributed by atoms with Gasteiger partial charge in [0, 0.05) is 30.9 Å². The summed E-state index contributed by atoms with van der Waals surface area (Å²) in [6.07, 6.45) is 4.00. The van der Waals surface area contributed by atoms with Crippen molar-refractivity contribution in [2.24, 2.45) is 5.41 Å². The minimum Gasteiger partial charge on any atom is -0.455 e. The Morgan fingerprint density at radius 2 is 1.96 bits per heavy atom. The first-order valence-electron chi connectivity index (χ1n) is 9.91. The van der Waals surface area contributed by atoms with Crippen LogP contribution in [0.25, 0.3) is 0 Å². The van der Waals surface area contributed by atoms with E-state index in [9.17, 15) is 14.4 Å². The number of hydrogen-bond acceptors (Lipinski definition) is 6. The van der Waals surface area contributed by atoms with Crippen LogP contribution in [0.1, 0.15) is 37.0 Å². The summed E-state index contributed by atoms with van der Waals surface area (Å²) in [5, 5.41) is 4.77. The van der Waals surface area contributed by atoms with Gasteiger partial charge >= 0.3 is 5.97 Å². The van der Waals surface area contributed by atoms with Crippen molar-refractivity contribution < 1.29 is 23.9 Å². The Kier molecular flexibility index (Phi) is 7.44. The molecule has 154 valence electrons. The predicted octanol–water partition coefficient (Wildman–Crippen LogP) is 1.76. The quantitative estimate of drug-likeness (QED) is 0.663. The van der Waals surface area contributed by atoms with Gasteiger partial charge in [-0.3, -0.25) is 14.4 Å². The molecular formula is C20H28N2O5S. The molecule has 0 aromatic carbocycles. The number of nitrogens with one attached hydrogen (secondary N) is 1. The van der Waals surface area contributed by atoms with E-state index in [0.29, 0.717) is 45.7 Å². The predicted molar refractivity (Wildman–Crippen MR) is 105 cm³/mol. The molecule has 0 atom stereocenters. The van der Waals surface area contributed by atoms with Gasteiger partial charge in [-0.25, -0.2) is 0 Å². The minimum absolute atomic E-state index is 0.0254. The largest absolute Gasteiger partial charge is 0.455 e. The van der Waals surface area contributed by atoms with Crippen molar-refractivity contribution in [2.45, 2.75) is 38.5 Å². The molecule has 1 aliphatic heterocycles. The van der Waals surface area contributed by atoms with Gasteiger partial charge in [-0.15, -0.1) is 11.3 Å². The van der Waals surface area contributed by atoms with Gasteiger partial charge in [0.25, 0.3) is 5.91 Å². The molecule has 2 aliphatic rings. The summed E-state index contributed by atoms with van der Waals surface area (Å²) in [7, 11) is 0. The molecule has 7 nitrogen and oxygen atoms in total. The Balaban J connectivity index is 1.45. The molecule has 1 aliphatic carbocycles. The SMILES string of the molecule is O=C(COC(=O)C1(CC(=O)N2CCOCC2)CCCC1)NCCc1cccs1. The van der Waals surface area contributed by atoms with Crippen LogP contribution >= 0.6 is 11.3 Å². The third-order valence-electron chi connectivity index (χ3n) is 5.46.